The number of nitro benzene ring substituents is 1. The predicted octanol–water partition coefficient (Wildman–Crippen LogP) is 2.25. The Labute approximate surface area is 114 Å². The van der Waals surface area contributed by atoms with Crippen molar-refractivity contribution in [2.24, 2.45) is 0 Å². The second-order valence-corrected chi connectivity index (χ2v) is 4.20. The number of aromatic nitrogens is 2. The number of hydrogen-bond acceptors (Lipinski definition) is 5. The van der Waals surface area contributed by atoms with Crippen molar-refractivity contribution >= 4 is 17.5 Å². The number of nitrogens with zero attached hydrogens (tertiary/aromatic N) is 3. The van der Waals surface area contributed by atoms with Gasteiger partial charge in [-0.3, -0.25) is 20.2 Å². The molecule has 7 nitrogen and oxygen atoms in total. The molecule has 2 aromatic rings. The fraction of sp³-hybridized carbons (Fsp3) is 0.154. The molecule has 0 saturated carbocycles. The summed E-state index contributed by atoms with van der Waals surface area (Å²) in [7, 11) is 0. The number of hydrogen-bond donors (Lipinski definition) is 1. The highest BCUT2D eigenvalue weighted by molar-refractivity contribution is 6.06. The van der Waals surface area contributed by atoms with E-state index in [1.54, 1.807) is 26.0 Å². The van der Waals surface area contributed by atoms with Crippen LogP contribution in [0.5, 0.6) is 0 Å². The Morgan fingerprint density at radius 3 is 2.40 bits per heavy atom. The molecule has 1 amide bonds. The van der Waals surface area contributed by atoms with E-state index in [1.807, 2.05) is 0 Å². The van der Waals surface area contributed by atoms with Crippen LogP contribution in [0.15, 0.2) is 30.3 Å². The molecule has 0 unspecified atom stereocenters. The molecule has 102 valence electrons. The minimum atomic E-state index is -0.609. The number of rotatable bonds is 3. The Kier molecular flexibility index (Phi) is 3.69. The molecule has 0 bridgehead atoms. The highest BCUT2D eigenvalue weighted by Gasteiger charge is 2.19. The Morgan fingerprint density at radius 1 is 1.20 bits per heavy atom. The lowest BCUT2D eigenvalue weighted by Crippen LogP contribution is -2.16. The van der Waals surface area contributed by atoms with Crippen LogP contribution in [0.3, 0.4) is 0 Å². The summed E-state index contributed by atoms with van der Waals surface area (Å²) in [5, 5.41) is 13.4. The maximum atomic E-state index is 12.1. The molecular weight excluding hydrogens is 260 g/mol. The summed E-state index contributed by atoms with van der Waals surface area (Å²) in [6.07, 6.45) is 0. The third-order valence-corrected chi connectivity index (χ3v) is 2.55. The van der Waals surface area contributed by atoms with Gasteiger partial charge in [-0.2, -0.15) is 0 Å². The topological polar surface area (TPSA) is 98.0 Å². The van der Waals surface area contributed by atoms with E-state index >= 15 is 0 Å². The zero-order valence-corrected chi connectivity index (χ0v) is 11.0. The summed E-state index contributed by atoms with van der Waals surface area (Å²) in [5.41, 5.74) is 1.13. The molecular formula is C13H12N4O3. The van der Waals surface area contributed by atoms with E-state index < -0.39 is 10.8 Å². The molecule has 2 rings (SSSR count). The second kappa shape index (κ2) is 5.43. The molecule has 0 saturated heterocycles. The van der Waals surface area contributed by atoms with Crippen LogP contribution in [0.1, 0.15) is 21.7 Å². The van der Waals surface area contributed by atoms with Gasteiger partial charge in [0.2, 0.25) is 5.95 Å². The Morgan fingerprint density at radius 2 is 1.80 bits per heavy atom. The third kappa shape index (κ3) is 2.94. The fourth-order valence-corrected chi connectivity index (χ4v) is 1.78. The van der Waals surface area contributed by atoms with Crippen LogP contribution in [0, 0.1) is 24.0 Å². The average molecular weight is 272 g/mol. The van der Waals surface area contributed by atoms with Crippen molar-refractivity contribution in [3.8, 4) is 0 Å². The van der Waals surface area contributed by atoms with Gasteiger partial charge in [0.15, 0.2) is 0 Å². The van der Waals surface area contributed by atoms with Gasteiger partial charge >= 0.3 is 0 Å². The third-order valence-electron chi connectivity index (χ3n) is 2.55. The van der Waals surface area contributed by atoms with Gasteiger partial charge in [0.25, 0.3) is 11.6 Å². The molecule has 0 aliphatic rings. The van der Waals surface area contributed by atoms with Crippen LogP contribution in [0.2, 0.25) is 0 Å². The zero-order valence-electron chi connectivity index (χ0n) is 11.0. The fourth-order valence-electron chi connectivity index (χ4n) is 1.78. The van der Waals surface area contributed by atoms with E-state index in [1.165, 1.54) is 18.2 Å². The molecule has 1 aromatic heterocycles. The summed E-state index contributed by atoms with van der Waals surface area (Å²) >= 11 is 0. The van der Waals surface area contributed by atoms with Crippen molar-refractivity contribution in [1.29, 1.82) is 0 Å². The first kappa shape index (κ1) is 13.6. The van der Waals surface area contributed by atoms with Crippen molar-refractivity contribution in [2.75, 3.05) is 5.32 Å². The van der Waals surface area contributed by atoms with Gasteiger partial charge in [0.1, 0.15) is 5.56 Å². The van der Waals surface area contributed by atoms with Crippen molar-refractivity contribution in [3.63, 3.8) is 0 Å². The lowest BCUT2D eigenvalue weighted by Gasteiger charge is -2.05. The van der Waals surface area contributed by atoms with Gasteiger partial charge in [-0.1, -0.05) is 12.1 Å². The van der Waals surface area contributed by atoms with E-state index in [4.69, 9.17) is 0 Å². The first-order valence-corrected chi connectivity index (χ1v) is 5.84. The van der Waals surface area contributed by atoms with Crippen molar-refractivity contribution in [3.05, 3.63) is 57.4 Å². The minimum Gasteiger partial charge on any atom is -0.290 e. The number of amides is 1. The van der Waals surface area contributed by atoms with Crippen molar-refractivity contribution in [2.45, 2.75) is 13.8 Å². The first-order chi connectivity index (χ1) is 9.47. The number of carbonyl (C=O) groups excluding carboxylic acids is 1. The number of nitro groups is 1. The number of aryl methyl sites for hydroxylation is 2. The molecule has 0 radical (unpaired) electrons. The quantitative estimate of drug-likeness (QED) is 0.682. The molecule has 0 aliphatic carbocycles. The van der Waals surface area contributed by atoms with E-state index in [0.29, 0.717) is 11.4 Å². The lowest BCUT2D eigenvalue weighted by molar-refractivity contribution is -0.385. The molecule has 0 fully saturated rings. The SMILES string of the molecule is Cc1cc(C)nc(NC(=O)c2ccccc2[N+](=O)[O-])n1. The highest BCUT2D eigenvalue weighted by Crippen LogP contribution is 2.18. The van der Waals surface area contributed by atoms with Gasteiger partial charge in [0.05, 0.1) is 4.92 Å². The van der Waals surface area contributed by atoms with Gasteiger partial charge in [0, 0.05) is 17.5 Å². The van der Waals surface area contributed by atoms with E-state index in [2.05, 4.69) is 15.3 Å². The van der Waals surface area contributed by atoms with Crippen LogP contribution in [0.25, 0.3) is 0 Å². The molecule has 0 spiro atoms. The highest BCUT2D eigenvalue weighted by atomic mass is 16.6. The van der Waals surface area contributed by atoms with Crippen LogP contribution in [-0.2, 0) is 0 Å². The van der Waals surface area contributed by atoms with E-state index in [-0.39, 0.29) is 17.2 Å². The minimum absolute atomic E-state index is 0.0275. The van der Waals surface area contributed by atoms with Gasteiger partial charge in [-0.25, -0.2) is 9.97 Å². The Balaban J connectivity index is 2.31. The van der Waals surface area contributed by atoms with Crippen molar-refractivity contribution < 1.29 is 9.72 Å². The standard InChI is InChI=1S/C13H12N4O3/c1-8-7-9(2)15-13(14-8)16-12(18)10-5-3-4-6-11(10)17(19)20/h3-7H,1-2H3,(H,14,15,16,18). The smallest absolute Gasteiger partial charge is 0.282 e. The van der Waals surface area contributed by atoms with Gasteiger partial charge < -0.3 is 0 Å². The van der Waals surface area contributed by atoms with E-state index in [9.17, 15) is 14.9 Å². The van der Waals surface area contributed by atoms with Crippen LogP contribution >= 0.6 is 0 Å². The number of benzene rings is 1. The monoisotopic (exact) mass is 272 g/mol. The largest absolute Gasteiger partial charge is 0.290 e. The second-order valence-electron chi connectivity index (χ2n) is 4.20. The maximum Gasteiger partial charge on any atom is 0.282 e. The predicted molar refractivity (Wildman–Crippen MR) is 72.6 cm³/mol. The van der Waals surface area contributed by atoms with Crippen LogP contribution in [-0.4, -0.2) is 20.8 Å². The van der Waals surface area contributed by atoms with Gasteiger partial charge in [-0.15, -0.1) is 0 Å². The van der Waals surface area contributed by atoms with Crippen molar-refractivity contribution in [1.82, 2.24) is 9.97 Å². The van der Waals surface area contributed by atoms with E-state index in [0.717, 1.165) is 0 Å². The molecule has 1 heterocycles. The summed E-state index contributed by atoms with van der Waals surface area (Å²) in [6.45, 7) is 3.55. The molecule has 0 atom stereocenters. The molecule has 0 aliphatic heterocycles. The molecule has 1 N–H and O–H groups in total. The van der Waals surface area contributed by atoms with Crippen LogP contribution in [0.4, 0.5) is 11.6 Å². The Bertz CT molecular complexity index is 665. The summed E-state index contributed by atoms with van der Waals surface area (Å²) < 4.78 is 0. The number of anilines is 1. The average Bonchev–Trinajstić information content (AvgIpc) is 2.37. The zero-order chi connectivity index (χ0) is 14.7. The summed E-state index contributed by atoms with van der Waals surface area (Å²) in [6, 6.07) is 7.49. The summed E-state index contributed by atoms with van der Waals surface area (Å²) in [5.74, 6) is -0.479. The Hall–Kier alpha value is -2.83. The lowest BCUT2D eigenvalue weighted by atomic mass is 10.1. The molecule has 20 heavy (non-hydrogen) atoms. The normalized spacial score (nSPS) is 10.1. The molecule has 7 heteroatoms. The number of carbonyl (C=O) groups is 1. The number of nitrogens with one attached hydrogen (secondary N) is 1. The number of para-hydroxylation sites is 1. The first-order valence-electron chi connectivity index (χ1n) is 5.84. The maximum absolute atomic E-state index is 12.1. The molecule has 1 aromatic carbocycles. The van der Waals surface area contributed by atoms with Gasteiger partial charge in [-0.05, 0) is 26.0 Å². The van der Waals surface area contributed by atoms with Crippen LogP contribution < -0.4 is 5.32 Å². The summed E-state index contributed by atoms with van der Waals surface area (Å²) in [4.78, 5) is 30.5.